The number of aliphatic imine (C=N–C) groups is 1. The van der Waals surface area contributed by atoms with Crippen LogP contribution in [0.3, 0.4) is 0 Å². The van der Waals surface area contributed by atoms with Gasteiger partial charge in [0.05, 0.1) is 11.8 Å². The topological polar surface area (TPSA) is 73.8 Å². The van der Waals surface area contributed by atoms with Crippen molar-refractivity contribution in [2.45, 2.75) is 40.0 Å². The lowest BCUT2D eigenvalue weighted by atomic mass is 9.85. The standard InChI is InChI=1S/C20H32N4O2.HI/c1-4-21-20(22-9-5-6-13(2)3)23-10-11-24-18(25)16-14-7-8-15(12-14)17(16)19(24)26;/h7-8,13-17H,4-6,9-12H2,1-3H3,(H2,21,22,23);1H. The Morgan fingerprint density at radius 3 is 2.37 bits per heavy atom. The number of fused-ring (bicyclic) bond motifs is 5. The molecule has 7 heteroatoms. The largest absolute Gasteiger partial charge is 0.357 e. The Bertz CT molecular complexity index is 575. The Hall–Kier alpha value is -1.12. The summed E-state index contributed by atoms with van der Waals surface area (Å²) in [5.41, 5.74) is 0. The summed E-state index contributed by atoms with van der Waals surface area (Å²) in [7, 11) is 0. The van der Waals surface area contributed by atoms with Crippen LogP contribution >= 0.6 is 24.0 Å². The number of nitrogens with zero attached hydrogens (tertiary/aromatic N) is 2. The molecule has 1 saturated carbocycles. The van der Waals surface area contributed by atoms with Crippen molar-refractivity contribution in [2.24, 2.45) is 34.6 Å². The number of rotatable bonds is 8. The molecule has 2 amide bonds. The normalized spacial score (nSPS) is 28.7. The Morgan fingerprint density at radius 1 is 1.19 bits per heavy atom. The second-order valence-electron chi connectivity index (χ2n) is 8.05. The van der Waals surface area contributed by atoms with Gasteiger partial charge in [-0.25, -0.2) is 0 Å². The molecule has 2 bridgehead atoms. The molecule has 1 heterocycles. The fraction of sp³-hybridized carbons (Fsp3) is 0.750. The molecule has 0 aromatic carbocycles. The lowest BCUT2D eigenvalue weighted by Gasteiger charge is -2.18. The molecule has 1 aliphatic heterocycles. The van der Waals surface area contributed by atoms with Gasteiger partial charge in [-0.3, -0.25) is 19.5 Å². The monoisotopic (exact) mass is 488 g/mol. The van der Waals surface area contributed by atoms with E-state index in [9.17, 15) is 9.59 Å². The highest BCUT2D eigenvalue weighted by Gasteiger charge is 2.58. The molecular formula is C20H33IN4O2. The van der Waals surface area contributed by atoms with Gasteiger partial charge < -0.3 is 10.6 Å². The van der Waals surface area contributed by atoms with Crippen LogP contribution in [-0.4, -0.2) is 48.9 Å². The highest BCUT2D eigenvalue weighted by atomic mass is 127. The number of carbonyl (C=O) groups excluding carboxylic acids is 2. The number of guanidine groups is 1. The Kier molecular flexibility index (Phi) is 8.12. The highest BCUT2D eigenvalue weighted by molar-refractivity contribution is 14.0. The predicted octanol–water partition coefficient (Wildman–Crippen LogP) is 2.40. The molecule has 2 aliphatic carbocycles. The third-order valence-corrected chi connectivity index (χ3v) is 5.74. The molecule has 2 fully saturated rings. The highest BCUT2D eigenvalue weighted by Crippen LogP contribution is 2.52. The fourth-order valence-corrected chi connectivity index (χ4v) is 4.50. The molecule has 4 unspecified atom stereocenters. The van der Waals surface area contributed by atoms with E-state index in [1.807, 2.05) is 6.92 Å². The number of halogens is 1. The maximum Gasteiger partial charge on any atom is 0.233 e. The molecule has 0 aromatic rings. The first-order valence-electron chi connectivity index (χ1n) is 10.1. The van der Waals surface area contributed by atoms with Crippen LogP contribution in [0.2, 0.25) is 0 Å². The van der Waals surface area contributed by atoms with E-state index in [4.69, 9.17) is 0 Å². The van der Waals surface area contributed by atoms with E-state index >= 15 is 0 Å². The van der Waals surface area contributed by atoms with Gasteiger partial charge in [0.1, 0.15) is 0 Å². The second-order valence-corrected chi connectivity index (χ2v) is 8.05. The van der Waals surface area contributed by atoms with Crippen LogP contribution in [0.1, 0.15) is 40.0 Å². The summed E-state index contributed by atoms with van der Waals surface area (Å²) in [5.74, 6) is 1.86. The zero-order valence-electron chi connectivity index (χ0n) is 16.6. The summed E-state index contributed by atoms with van der Waals surface area (Å²) in [6.45, 7) is 8.99. The van der Waals surface area contributed by atoms with Crippen LogP contribution in [0.4, 0.5) is 0 Å². The zero-order valence-corrected chi connectivity index (χ0v) is 18.9. The Morgan fingerprint density at radius 2 is 1.81 bits per heavy atom. The summed E-state index contributed by atoms with van der Waals surface area (Å²) in [5, 5.41) is 6.48. The van der Waals surface area contributed by atoms with E-state index < -0.39 is 0 Å². The Labute approximate surface area is 179 Å². The summed E-state index contributed by atoms with van der Waals surface area (Å²) >= 11 is 0. The molecule has 3 aliphatic rings. The quantitative estimate of drug-likeness (QED) is 0.138. The predicted molar refractivity (Wildman–Crippen MR) is 118 cm³/mol. The first-order valence-corrected chi connectivity index (χ1v) is 10.1. The number of imide groups is 1. The summed E-state index contributed by atoms with van der Waals surface area (Å²) in [6, 6.07) is 0. The van der Waals surface area contributed by atoms with Gasteiger partial charge in [-0.1, -0.05) is 26.0 Å². The zero-order chi connectivity index (χ0) is 18.7. The molecule has 0 aromatic heterocycles. The number of hydrogen-bond donors (Lipinski definition) is 2. The minimum Gasteiger partial charge on any atom is -0.357 e. The molecule has 27 heavy (non-hydrogen) atoms. The van der Waals surface area contributed by atoms with E-state index in [-0.39, 0.29) is 59.5 Å². The number of allylic oxidation sites excluding steroid dienone is 2. The smallest absolute Gasteiger partial charge is 0.233 e. The maximum absolute atomic E-state index is 12.7. The molecule has 0 radical (unpaired) electrons. The van der Waals surface area contributed by atoms with Gasteiger partial charge in [0, 0.05) is 26.2 Å². The first-order chi connectivity index (χ1) is 12.5. The molecule has 2 N–H and O–H groups in total. The van der Waals surface area contributed by atoms with E-state index in [1.54, 1.807) is 0 Å². The third-order valence-electron chi connectivity index (χ3n) is 5.74. The van der Waals surface area contributed by atoms with E-state index in [1.165, 1.54) is 11.3 Å². The van der Waals surface area contributed by atoms with Gasteiger partial charge in [0.2, 0.25) is 11.8 Å². The molecule has 4 atom stereocenters. The van der Waals surface area contributed by atoms with Crippen molar-refractivity contribution in [2.75, 3.05) is 26.2 Å². The van der Waals surface area contributed by atoms with Gasteiger partial charge in [-0.15, -0.1) is 24.0 Å². The average molecular weight is 488 g/mol. The van der Waals surface area contributed by atoms with Gasteiger partial charge in [0.15, 0.2) is 5.96 Å². The molecule has 1 saturated heterocycles. The Balaban J connectivity index is 0.00000261. The molecule has 3 rings (SSSR count). The SMILES string of the molecule is CCNC(=NCCCC(C)C)NCCN1C(=O)C2C3C=CC(C3)C2C1=O.I. The first kappa shape index (κ1) is 22.2. The van der Waals surface area contributed by atoms with Crippen molar-refractivity contribution in [3.63, 3.8) is 0 Å². The van der Waals surface area contributed by atoms with E-state index in [0.29, 0.717) is 19.0 Å². The third kappa shape index (κ3) is 4.84. The van der Waals surface area contributed by atoms with Crippen LogP contribution < -0.4 is 10.6 Å². The summed E-state index contributed by atoms with van der Waals surface area (Å²) in [6.07, 6.45) is 7.47. The molecule has 6 nitrogen and oxygen atoms in total. The van der Waals surface area contributed by atoms with Crippen LogP contribution in [0.5, 0.6) is 0 Å². The minimum atomic E-state index is -0.101. The second kappa shape index (κ2) is 9.89. The summed E-state index contributed by atoms with van der Waals surface area (Å²) < 4.78 is 0. The minimum absolute atomic E-state index is 0. The van der Waals surface area contributed by atoms with Crippen LogP contribution in [0, 0.1) is 29.6 Å². The lowest BCUT2D eigenvalue weighted by Crippen LogP contribution is -2.43. The van der Waals surface area contributed by atoms with Crippen molar-refractivity contribution >= 4 is 41.8 Å². The van der Waals surface area contributed by atoms with Gasteiger partial charge in [-0.05, 0) is 43.9 Å². The molecule has 0 spiro atoms. The molecular weight excluding hydrogens is 455 g/mol. The number of carbonyl (C=O) groups is 2. The van der Waals surface area contributed by atoms with Gasteiger partial charge in [-0.2, -0.15) is 0 Å². The van der Waals surface area contributed by atoms with Crippen LogP contribution in [-0.2, 0) is 9.59 Å². The van der Waals surface area contributed by atoms with E-state index in [0.717, 1.165) is 31.9 Å². The van der Waals surface area contributed by atoms with Crippen molar-refractivity contribution < 1.29 is 9.59 Å². The van der Waals surface area contributed by atoms with Gasteiger partial charge >= 0.3 is 0 Å². The average Bonchev–Trinajstić information content (AvgIpc) is 3.27. The number of amides is 2. The van der Waals surface area contributed by atoms with E-state index in [2.05, 4.69) is 41.6 Å². The number of likely N-dealkylation sites (tertiary alicyclic amines) is 1. The lowest BCUT2D eigenvalue weighted by molar-refractivity contribution is -0.140. The number of nitrogens with one attached hydrogen (secondary N) is 2. The van der Waals surface area contributed by atoms with Crippen LogP contribution in [0.25, 0.3) is 0 Å². The van der Waals surface area contributed by atoms with Crippen LogP contribution in [0.15, 0.2) is 17.1 Å². The maximum atomic E-state index is 12.7. The van der Waals surface area contributed by atoms with Crippen molar-refractivity contribution in [3.8, 4) is 0 Å². The molecule has 152 valence electrons. The van der Waals surface area contributed by atoms with Crippen molar-refractivity contribution in [1.82, 2.24) is 15.5 Å². The van der Waals surface area contributed by atoms with Crippen molar-refractivity contribution in [3.05, 3.63) is 12.2 Å². The van der Waals surface area contributed by atoms with Crippen molar-refractivity contribution in [1.29, 1.82) is 0 Å². The fourth-order valence-electron chi connectivity index (χ4n) is 4.50. The van der Waals surface area contributed by atoms with Gasteiger partial charge in [0.25, 0.3) is 0 Å². The number of hydrogen-bond acceptors (Lipinski definition) is 3. The summed E-state index contributed by atoms with van der Waals surface area (Å²) in [4.78, 5) is 31.4.